The van der Waals surface area contributed by atoms with E-state index in [0.717, 1.165) is 0 Å². The van der Waals surface area contributed by atoms with E-state index in [9.17, 15) is 0 Å². The van der Waals surface area contributed by atoms with Gasteiger partial charge in [-0.1, -0.05) is 51.4 Å². The Labute approximate surface area is 310 Å². The van der Waals surface area contributed by atoms with Crippen molar-refractivity contribution in [3.8, 4) is 58.5 Å². The average Bonchev–Trinajstić information content (AvgIpc) is 3.82. The number of hydrogen-bond acceptors (Lipinski definition) is 7. The first-order chi connectivity index (χ1) is 22.2. The van der Waals surface area contributed by atoms with Crippen LogP contribution in [0.4, 0.5) is 0 Å². The molecule has 0 bridgehead atoms. The van der Waals surface area contributed by atoms with Crippen molar-refractivity contribution < 1.29 is 0 Å². The van der Waals surface area contributed by atoms with E-state index in [2.05, 4.69) is 128 Å². The highest BCUT2D eigenvalue weighted by Gasteiger charge is 2.23. The van der Waals surface area contributed by atoms with Crippen LogP contribution in [0.15, 0.2) is 60.7 Å². The maximum atomic E-state index is 2.44. The number of rotatable bonds is 8. The van der Waals surface area contributed by atoms with Crippen LogP contribution in [-0.2, 0) is 0 Å². The molecule has 0 spiro atoms. The van der Waals surface area contributed by atoms with Gasteiger partial charge in [-0.05, 0) is 107 Å². The van der Waals surface area contributed by atoms with Gasteiger partial charge in [-0.15, -0.1) is 79.4 Å². The van der Waals surface area contributed by atoms with Crippen molar-refractivity contribution in [1.29, 1.82) is 0 Å². The van der Waals surface area contributed by atoms with E-state index in [-0.39, 0.29) is 0 Å². The summed E-state index contributed by atoms with van der Waals surface area (Å²) < 4.78 is 3.17. The van der Waals surface area contributed by atoms with Gasteiger partial charge < -0.3 is 0 Å². The van der Waals surface area contributed by atoms with Crippen LogP contribution in [0, 0.1) is 27.7 Å². The lowest BCUT2D eigenvalue weighted by atomic mass is 10.2. The Morgan fingerprint density at radius 2 is 0.617 bits per heavy atom. The normalized spacial score (nSPS) is 12.5. The summed E-state index contributed by atoms with van der Waals surface area (Å²) in [5, 5.41) is 0. The molecule has 0 fully saturated rings. The van der Waals surface area contributed by atoms with E-state index in [1.54, 1.807) is 9.00 Å². The minimum absolute atomic E-state index is 1.29. The quantitative estimate of drug-likeness (QED) is 0.135. The van der Waals surface area contributed by atoms with Crippen LogP contribution in [0.3, 0.4) is 0 Å². The van der Waals surface area contributed by atoms with Gasteiger partial charge in [0.25, 0.3) is 0 Å². The number of aryl methyl sites for hydroxylation is 4. The largest absolute Gasteiger partial charge is 0.144 e. The van der Waals surface area contributed by atoms with Crippen molar-refractivity contribution in [2.75, 3.05) is 0 Å². The summed E-state index contributed by atoms with van der Waals surface area (Å²) in [6, 6.07) is 23.7. The van der Waals surface area contributed by atoms with Crippen molar-refractivity contribution in [1.82, 2.24) is 0 Å². The molecular formula is C38H40S7Si2. The molecule has 0 saturated carbocycles. The first kappa shape index (κ1) is 33.8. The lowest BCUT2D eigenvalue weighted by molar-refractivity contribution is 1.53. The fourth-order valence-electron chi connectivity index (χ4n) is 5.70. The summed E-state index contributed by atoms with van der Waals surface area (Å²) in [5.74, 6) is 0. The summed E-state index contributed by atoms with van der Waals surface area (Å²) in [6.45, 7) is 23.8. The third-order valence-corrected chi connectivity index (χ3v) is 24.9. The lowest BCUT2D eigenvalue weighted by Gasteiger charge is -2.12. The van der Waals surface area contributed by atoms with E-state index in [1.165, 1.54) is 80.8 Å². The molecule has 0 aromatic carbocycles. The Balaban J connectivity index is 1.14. The molecule has 7 rings (SSSR count). The van der Waals surface area contributed by atoms with E-state index >= 15 is 0 Å². The predicted octanol–water partition coefficient (Wildman–Crippen LogP) is 14.4. The number of hydrogen-bond donors (Lipinski definition) is 0. The van der Waals surface area contributed by atoms with Crippen molar-refractivity contribution in [3.63, 3.8) is 0 Å². The molecule has 0 aliphatic heterocycles. The zero-order valence-electron chi connectivity index (χ0n) is 28.6. The Bertz CT molecular complexity index is 2070. The van der Waals surface area contributed by atoms with Crippen LogP contribution >= 0.6 is 79.4 Å². The van der Waals surface area contributed by atoms with E-state index < -0.39 is 16.1 Å². The van der Waals surface area contributed by atoms with Gasteiger partial charge in [-0.3, -0.25) is 0 Å². The van der Waals surface area contributed by atoms with Gasteiger partial charge >= 0.3 is 0 Å². The molecule has 0 radical (unpaired) electrons. The smallest absolute Gasteiger partial charge is 0.0904 e. The molecule has 0 amide bonds. The monoisotopic (exact) mass is 776 g/mol. The first-order valence-electron chi connectivity index (χ1n) is 15.9. The van der Waals surface area contributed by atoms with E-state index in [4.69, 9.17) is 0 Å². The summed E-state index contributed by atoms with van der Waals surface area (Å²) in [5.41, 5.74) is 5.54. The minimum Gasteiger partial charge on any atom is -0.144 e. The van der Waals surface area contributed by atoms with Gasteiger partial charge in [0.2, 0.25) is 0 Å². The van der Waals surface area contributed by atoms with Crippen LogP contribution in [0.1, 0.15) is 22.3 Å². The molecule has 0 atom stereocenters. The molecule has 0 unspecified atom stereocenters. The predicted molar refractivity (Wildman–Crippen MR) is 229 cm³/mol. The third kappa shape index (κ3) is 6.65. The molecule has 0 N–H and O–H groups in total. The highest BCUT2D eigenvalue weighted by atomic mass is 32.1. The molecule has 9 heteroatoms. The van der Waals surface area contributed by atoms with Gasteiger partial charge in [0.1, 0.15) is 0 Å². The second-order valence-corrected chi connectivity index (χ2v) is 32.7. The summed E-state index contributed by atoms with van der Waals surface area (Å²) in [6.07, 6.45) is 0. The maximum Gasteiger partial charge on any atom is 0.0904 e. The molecule has 7 aromatic heterocycles. The van der Waals surface area contributed by atoms with Crippen LogP contribution in [0.25, 0.3) is 58.5 Å². The molecule has 0 aliphatic carbocycles. The SMILES string of the molecule is Cc1cc(-c2ccc(-c3cc(C)c(-c4cc(C)c(-c5ccc([Si](C)(C)C)s5)s4)s3)s2)sc1-c1cc(C)c(-c2ccc([Si](C)(C)C)s2)s1. The molecule has 242 valence electrons. The Kier molecular flexibility index (Phi) is 9.05. The topological polar surface area (TPSA) is 0 Å². The van der Waals surface area contributed by atoms with Gasteiger partial charge in [0, 0.05) is 58.5 Å². The molecular weight excluding hydrogens is 737 g/mol. The van der Waals surface area contributed by atoms with Crippen molar-refractivity contribution in [2.24, 2.45) is 0 Å². The highest BCUT2D eigenvalue weighted by Crippen LogP contribution is 2.49. The van der Waals surface area contributed by atoms with E-state index in [0.29, 0.717) is 0 Å². The molecule has 0 saturated heterocycles. The van der Waals surface area contributed by atoms with Crippen molar-refractivity contribution in [2.45, 2.75) is 67.0 Å². The van der Waals surface area contributed by atoms with Crippen LogP contribution in [0.2, 0.25) is 39.3 Å². The Hall–Kier alpha value is -1.67. The highest BCUT2D eigenvalue weighted by molar-refractivity contribution is 7.34. The maximum absolute atomic E-state index is 2.44. The fourth-order valence-corrected chi connectivity index (χ4v) is 18.0. The van der Waals surface area contributed by atoms with Crippen molar-refractivity contribution >= 4 is 105 Å². The van der Waals surface area contributed by atoms with E-state index in [1.807, 2.05) is 79.4 Å². The minimum atomic E-state index is -1.29. The molecule has 0 nitrogen and oxygen atoms in total. The molecule has 0 aliphatic rings. The third-order valence-electron chi connectivity index (χ3n) is 8.35. The standard InChI is InChI=1S/C38H40S7Si2/c1-21-17-29(42-37(21)31-19-23(3)35(44-31)27-13-15-33(40-27)46(5,6)7)25-11-12-26(39-25)30-18-22(2)38(43-30)32-20-24(4)36(45-32)28-14-16-34(41-28)47(8,9)10/h11-20H,1-10H3. The van der Waals surface area contributed by atoms with Gasteiger partial charge in [0.05, 0.1) is 16.1 Å². The first-order valence-corrected chi connectivity index (χ1v) is 28.6. The molecule has 47 heavy (non-hydrogen) atoms. The van der Waals surface area contributed by atoms with Crippen LogP contribution in [0.5, 0.6) is 0 Å². The fraction of sp³-hybridized carbons (Fsp3) is 0.263. The summed E-state index contributed by atoms with van der Waals surface area (Å²) >= 11 is 13.8. The second-order valence-electron chi connectivity index (χ2n) is 14.5. The van der Waals surface area contributed by atoms with Crippen LogP contribution in [-0.4, -0.2) is 16.1 Å². The van der Waals surface area contributed by atoms with Gasteiger partial charge in [-0.2, -0.15) is 0 Å². The zero-order chi connectivity index (χ0) is 33.4. The molecule has 7 heterocycles. The lowest BCUT2D eigenvalue weighted by Crippen LogP contribution is -2.34. The summed E-state index contributed by atoms with van der Waals surface area (Å²) in [7, 11) is -2.59. The van der Waals surface area contributed by atoms with Crippen LogP contribution < -0.4 is 9.00 Å². The van der Waals surface area contributed by atoms with Crippen molar-refractivity contribution in [3.05, 3.63) is 82.9 Å². The average molecular weight is 777 g/mol. The molecule has 7 aromatic rings. The van der Waals surface area contributed by atoms with Gasteiger partial charge in [0.15, 0.2) is 0 Å². The van der Waals surface area contributed by atoms with Gasteiger partial charge in [-0.25, -0.2) is 0 Å². The summed E-state index contributed by atoms with van der Waals surface area (Å²) in [4.78, 5) is 16.8. The Morgan fingerprint density at radius 1 is 0.319 bits per heavy atom. The second kappa shape index (κ2) is 12.6. The zero-order valence-corrected chi connectivity index (χ0v) is 36.3. The number of thiophene rings is 7. The Morgan fingerprint density at radius 3 is 0.957 bits per heavy atom.